The Morgan fingerprint density at radius 3 is 2.52 bits per heavy atom. The topological polar surface area (TPSA) is 79.7 Å². The molecular formula is C25H28N2O4. The highest BCUT2D eigenvalue weighted by Gasteiger charge is 2.23. The lowest BCUT2D eigenvalue weighted by atomic mass is 9.97. The first kappa shape index (κ1) is 22.3. The minimum absolute atomic E-state index is 0.0708. The molecule has 4 rings (SSSR count). The summed E-state index contributed by atoms with van der Waals surface area (Å²) >= 11 is 0. The van der Waals surface area contributed by atoms with Crippen molar-refractivity contribution in [3.05, 3.63) is 60.3 Å². The summed E-state index contributed by atoms with van der Waals surface area (Å²) in [5.41, 5.74) is 4.47. The third-order valence-electron chi connectivity index (χ3n) is 5.48. The van der Waals surface area contributed by atoms with Crippen LogP contribution < -0.4 is 4.74 Å². The number of likely N-dealkylation sites (tertiary alicyclic amines) is 1. The van der Waals surface area contributed by atoms with E-state index in [0.29, 0.717) is 5.75 Å². The molecule has 31 heavy (non-hydrogen) atoms. The molecule has 1 N–H and O–H groups in total. The van der Waals surface area contributed by atoms with Crippen molar-refractivity contribution < 1.29 is 19.4 Å². The van der Waals surface area contributed by atoms with Crippen molar-refractivity contribution in [1.82, 2.24) is 9.88 Å². The number of carboxylic acid groups (broad SMARTS) is 1. The van der Waals surface area contributed by atoms with Gasteiger partial charge in [-0.05, 0) is 68.0 Å². The highest BCUT2D eigenvalue weighted by Crippen LogP contribution is 2.31. The van der Waals surface area contributed by atoms with E-state index in [1.807, 2.05) is 42.3 Å². The van der Waals surface area contributed by atoms with E-state index in [9.17, 15) is 4.79 Å². The molecule has 1 saturated heterocycles. The van der Waals surface area contributed by atoms with Crippen LogP contribution in [0.2, 0.25) is 0 Å². The average molecular weight is 421 g/mol. The summed E-state index contributed by atoms with van der Waals surface area (Å²) in [6.45, 7) is 5.38. The van der Waals surface area contributed by atoms with E-state index >= 15 is 0 Å². The van der Waals surface area contributed by atoms with E-state index in [-0.39, 0.29) is 12.4 Å². The molecule has 1 fully saturated rings. The maximum absolute atomic E-state index is 12.6. The fourth-order valence-corrected chi connectivity index (χ4v) is 3.94. The van der Waals surface area contributed by atoms with E-state index in [0.717, 1.165) is 42.4 Å². The standard InChI is InChI=1S/C24H26N2O2.CH2O2/c1-17-8-4-5-9-20(17)21-12-13-25-23-16-19(10-11-22(21)23)28-18(2)24(27)26-14-6-3-7-15-26;2-1-3/h4-5,8-13,16,18H,3,6-7,14-15H2,1-2H3;1H,(H,2,3). The van der Waals surface area contributed by atoms with Crippen LogP contribution in [0.4, 0.5) is 0 Å². The quantitative estimate of drug-likeness (QED) is 0.620. The number of benzene rings is 2. The first-order valence-corrected chi connectivity index (χ1v) is 10.5. The molecule has 2 heterocycles. The monoisotopic (exact) mass is 420 g/mol. The Kier molecular flexibility index (Phi) is 7.60. The highest BCUT2D eigenvalue weighted by atomic mass is 16.5. The van der Waals surface area contributed by atoms with Gasteiger partial charge in [-0.25, -0.2) is 0 Å². The van der Waals surface area contributed by atoms with Gasteiger partial charge in [-0.3, -0.25) is 14.6 Å². The summed E-state index contributed by atoms with van der Waals surface area (Å²) in [6.07, 6.45) is 4.71. The Morgan fingerprint density at radius 2 is 1.81 bits per heavy atom. The number of ether oxygens (including phenoxy) is 1. The zero-order valence-corrected chi connectivity index (χ0v) is 18.0. The number of aromatic nitrogens is 1. The summed E-state index contributed by atoms with van der Waals surface area (Å²) in [7, 11) is 0. The minimum Gasteiger partial charge on any atom is -0.483 e. The normalized spacial score (nSPS) is 14.3. The van der Waals surface area contributed by atoms with Crippen molar-refractivity contribution in [2.75, 3.05) is 13.1 Å². The fourth-order valence-electron chi connectivity index (χ4n) is 3.94. The molecule has 1 aromatic heterocycles. The summed E-state index contributed by atoms with van der Waals surface area (Å²) < 4.78 is 5.98. The second kappa shape index (κ2) is 10.6. The number of fused-ring (bicyclic) bond motifs is 1. The van der Waals surface area contributed by atoms with Crippen molar-refractivity contribution in [2.45, 2.75) is 39.2 Å². The first-order chi connectivity index (χ1) is 15.0. The molecule has 0 spiro atoms. The second-order valence-electron chi connectivity index (χ2n) is 7.60. The minimum atomic E-state index is -0.491. The van der Waals surface area contributed by atoms with Crippen molar-refractivity contribution in [2.24, 2.45) is 0 Å². The zero-order chi connectivity index (χ0) is 22.2. The summed E-state index contributed by atoms with van der Waals surface area (Å²) in [5.74, 6) is 0.751. The maximum atomic E-state index is 12.6. The number of carbonyl (C=O) groups excluding carboxylic acids is 1. The van der Waals surface area contributed by atoms with Crippen molar-refractivity contribution in [3.8, 4) is 16.9 Å². The highest BCUT2D eigenvalue weighted by molar-refractivity contribution is 5.95. The third kappa shape index (κ3) is 5.40. The smallest absolute Gasteiger partial charge is 0.290 e. The molecule has 6 nitrogen and oxygen atoms in total. The van der Waals surface area contributed by atoms with Crippen LogP contribution >= 0.6 is 0 Å². The predicted octanol–water partition coefficient (Wildman–Crippen LogP) is 4.69. The van der Waals surface area contributed by atoms with Crippen molar-refractivity contribution in [3.63, 3.8) is 0 Å². The number of amides is 1. The Balaban J connectivity index is 0.000000858. The SMILES string of the molecule is Cc1ccccc1-c1ccnc2cc(OC(C)C(=O)N3CCCCC3)ccc12.O=CO. The zero-order valence-electron chi connectivity index (χ0n) is 18.0. The number of piperidine rings is 1. The number of hydrogen-bond donors (Lipinski definition) is 1. The third-order valence-corrected chi connectivity index (χ3v) is 5.48. The molecular weight excluding hydrogens is 392 g/mol. The van der Waals surface area contributed by atoms with Gasteiger partial charge >= 0.3 is 0 Å². The van der Waals surface area contributed by atoms with Gasteiger partial charge in [0.2, 0.25) is 0 Å². The number of nitrogens with zero attached hydrogens (tertiary/aromatic N) is 2. The molecule has 1 atom stereocenters. The van der Waals surface area contributed by atoms with E-state index in [4.69, 9.17) is 14.6 Å². The van der Waals surface area contributed by atoms with Gasteiger partial charge in [-0.1, -0.05) is 24.3 Å². The molecule has 162 valence electrons. The number of aryl methyl sites for hydroxylation is 1. The van der Waals surface area contributed by atoms with E-state index in [2.05, 4.69) is 36.2 Å². The van der Waals surface area contributed by atoms with Gasteiger partial charge < -0.3 is 14.7 Å². The lowest BCUT2D eigenvalue weighted by Crippen LogP contribution is -2.43. The maximum Gasteiger partial charge on any atom is 0.290 e. The summed E-state index contributed by atoms with van der Waals surface area (Å²) in [5, 5.41) is 7.97. The van der Waals surface area contributed by atoms with Gasteiger partial charge in [0.1, 0.15) is 5.75 Å². The average Bonchev–Trinajstić information content (AvgIpc) is 2.79. The van der Waals surface area contributed by atoms with Crippen LogP contribution in [0.5, 0.6) is 5.75 Å². The van der Waals surface area contributed by atoms with Crippen LogP contribution in [-0.4, -0.2) is 46.6 Å². The number of carbonyl (C=O) groups is 2. The van der Waals surface area contributed by atoms with Crippen LogP contribution in [-0.2, 0) is 9.59 Å². The van der Waals surface area contributed by atoms with E-state index < -0.39 is 6.10 Å². The van der Waals surface area contributed by atoms with Crippen LogP contribution in [0.25, 0.3) is 22.0 Å². The molecule has 1 unspecified atom stereocenters. The fraction of sp³-hybridized carbons (Fsp3) is 0.320. The molecule has 6 heteroatoms. The molecule has 1 amide bonds. The van der Waals surface area contributed by atoms with Gasteiger partial charge in [0.05, 0.1) is 5.52 Å². The summed E-state index contributed by atoms with van der Waals surface area (Å²) in [6, 6.07) is 16.3. The van der Waals surface area contributed by atoms with E-state index in [1.54, 1.807) is 0 Å². The number of rotatable bonds is 4. The largest absolute Gasteiger partial charge is 0.483 e. The molecule has 0 radical (unpaired) electrons. The van der Waals surface area contributed by atoms with Crippen molar-refractivity contribution in [1.29, 1.82) is 0 Å². The van der Waals surface area contributed by atoms with E-state index in [1.165, 1.54) is 17.5 Å². The van der Waals surface area contributed by atoms with Gasteiger partial charge in [0, 0.05) is 30.7 Å². The molecule has 2 aromatic carbocycles. The van der Waals surface area contributed by atoms with Gasteiger partial charge in [-0.2, -0.15) is 0 Å². The molecule has 0 bridgehead atoms. The molecule has 1 aliphatic heterocycles. The van der Waals surface area contributed by atoms with Crippen LogP contribution in [0.1, 0.15) is 31.7 Å². The Morgan fingerprint density at radius 1 is 1.10 bits per heavy atom. The van der Waals surface area contributed by atoms with Crippen molar-refractivity contribution >= 4 is 23.3 Å². The van der Waals surface area contributed by atoms with Gasteiger partial charge in [0.15, 0.2) is 6.10 Å². The molecule has 0 aliphatic carbocycles. The molecule has 0 saturated carbocycles. The van der Waals surface area contributed by atoms with Crippen LogP contribution in [0.3, 0.4) is 0 Å². The lowest BCUT2D eigenvalue weighted by Gasteiger charge is -2.29. The summed E-state index contributed by atoms with van der Waals surface area (Å²) in [4.78, 5) is 27.4. The van der Waals surface area contributed by atoms with Crippen LogP contribution in [0, 0.1) is 6.92 Å². The van der Waals surface area contributed by atoms with Crippen LogP contribution in [0.15, 0.2) is 54.7 Å². The first-order valence-electron chi connectivity index (χ1n) is 10.5. The van der Waals surface area contributed by atoms with Gasteiger partial charge in [-0.15, -0.1) is 0 Å². The Hall–Kier alpha value is -3.41. The molecule has 1 aliphatic rings. The number of hydrogen-bond acceptors (Lipinski definition) is 4. The Bertz CT molecular complexity index is 1040. The van der Waals surface area contributed by atoms with Gasteiger partial charge in [0.25, 0.3) is 12.4 Å². The Labute approximate surface area is 182 Å². The number of pyridine rings is 1. The second-order valence-corrected chi connectivity index (χ2v) is 7.60. The molecule has 3 aromatic rings. The lowest BCUT2D eigenvalue weighted by molar-refractivity contribution is -0.138. The predicted molar refractivity (Wildman–Crippen MR) is 121 cm³/mol.